The smallest absolute Gasteiger partial charge is 0.244 e. The second-order valence-electron chi connectivity index (χ2n) is 4.59. The Morgan fingerprint density at radius 1 is 1.53 bits per heavy atom. The summed E-state index contributed by atoms with van der Waals surface area (Å²) in [6.45, 7) is 6.30. The highest BCUT2D eigenvalue weighted by molar-refractivity contribution is 14.1. The number of hydrogen-bond donors (Lipinski definition) is 1. The van der Waals surface area contributed by atoms with Crippen molar-refractivity contribution < 1.29 is 13.9 Å². The molecular formula is C14H20INO3. The number of nitrogens with one attached hydrogen (secondary N) is 1. The van der Waals surface area contributed by atoms with Crippen LogP contribution in [0.5, 0.6) is 0 Å². The summed E-state index contributed by atoms with van der Waals surface area (Å²) >= 11 is 2.08. The van der Waals surface area contributed by atoms with E-state index in [4.69, 9.17) is 9.15 Å². The first-order chi connectivity index (χ1) is 9.08. The van der Waals surface area contributed by atoms with Crippen molar-refractivity contribution in [2.45, 2.75) is 20.3 Å². The monoisotopic (exact) mass is 377 g/mol. The number of halogens is 1. The third-order valence-corrected chi connectivity index (χ3v) is 2.79. The second-order valence-corrected chi connectivity index (χ2v) is 5.65. The number of carbonyl (C=O) groups excluding carboxylic acids is 1. The summed E-state index contributed by atoms with van der Waals surface area (Å²) in [4.78, 5) is 11.5. The van der Waals surface area contributed by atoms with Crippen LogP contribution in [-0.4, -0.2) is 25.7 Å². The molecule has 0 unspecified atom stereocenters. The van der Waals surface area contributed by atoms with Crippen LogP contribution < -0.4 is 5.32 Å². The normalized spacial score (nSPS) is 11.4. The summed E-state index contributed by atoms with van der Waals surface area (Å²) in [6.07, 6.45) is 3.96. The number of furan rings is 1. The van der Waals surface area contributed by atoms with E-state index in [-0.39, 0.29) is 5.91 Å². The van der Waals surface area contributed by atoms with Gasteiger partial charge < -0.3 is 14.5 Å². The predicted octanol–water partition coefficient (Wildman–Crippen LogP) is 3.08. The van der Waals surface area contributed by atoms with Gasteiger partial charge in [0.15, 0.2) is 3.77 Å². The van der Waals surface area contributed by atoms with Crippen molar-refractivity contribution in [3.05, 3.63) is 27.7 Å². The van der Waals surface area contributed by atoms with Crippen molar-refractivity contribution in [2.75, 3.05) is 19.8 Å². The Balaban J connectivity index is 2.09. The van der Waals surface area contributed by atoms with E-state index in [0.29, 0.717) is 24.8 Å². The van der Waals surface area contributed by atoms with Gasteiger partial charge in [0, 0.05) is 25.8 Å². The first-order valence-corrected chi connectivity index (χ1v) is 7.45. The zero-order valence-electron chi connectivity index (χ0n) is 11.3. The first-order valence-electron chi connectivity index (χ1n) is 6.37. The Bertz CT molecular complexity index is 413. The highest BCUT2D eigenvalue weighted by Crippen LogP contribution is 2.11. The third-order valence-electron chi connectivity index (χ3n) is 2.21. The van der Waals surface area contributed by atoms with Crippen LogP contribution in [0.3, 0.4) is 0 Å². The van der Waals surface area contributed by atoms with E-state index in [1.54, 1.807) is 6.08 Å². The van der Waals surface area contributed by atoms with Gasteiger partial charge in [0.1, 0.15) is 5.76 Å². The Kier molecular flexibility index (Phi) is 7.81. The minimum atomic E-state index is -0.115. The molecular weight excluding hydrogens is 357 g/mol. The summed E-state index contributed by atoms with van der Waals surface area (Å²) in [5, 5.41) is 2.80. The Labute approximate surface area is 127 Å². The van der Waals surface area contributed by atoms with Crippen LogP contribution in [0.1, 0.15) is 26.0 Å². The highest BCUT2D eigenvalue weighted by atomic mass is 127. The molecule has 1 N–H and O–H groups in total. The molecule has 1 heterocycles. The molecule has 0 radical (unpaired) electrons. The maximum absolute atomic E-state index is 11.5. The van der Waals surface area contributed by atoms with Crippen LogP contribution in [0.4, 0.5) is 0 Å². The van der Waals surface area contributed by atoms with E-state index in [9.17, 15) is 4.79 Å². The summed E-state index contributed by atoms with van der Waals surface area (Å²) in [6, 6.07) is 3.68. The van der Waals surface area contributed by atoms with Crippen LogP contribution >= 0.6 is 22.6 Å². The fourth-order valence-corrected chi connectivity index (χ4v) is 1.77. The van der Waals surface area contributed by atoms with Crippen molar-refractivity contribution in [3.8, 4) is 0 Å². The van der Waals surface area contributed by atoms with Gasteiger partial charge in [-0.25, -0.2) is 0 Å². The van der Waals surface area contributed by atoms with Gasteiger partial charge in [-0.05, 0) is 53.1 Å². The molecule has 106 valence electrons. The molecule has 4 nitrogen and oxygen atoms in total. The van der Waals surface area contributed by atoms with Gasteiger partial charge in [-0.15, -0.1) is 0 Å². The van der Waals surface area contributed by atoms with Crippen LogP contribution in [0.15, 0.2) is 22.6 Å². The van der Waals surface area contributed by atoms with Crippen molar-refractivity contribution in [1.29, 1.82) is 0 Å². The quantitative estimate of drug-likeness (QED) is 0.430. The predicted molar refractivity (Wildman–Crippen MR) is 83.7 cm³/mol. The maximum Gasteiger partial charge on any atom is 0.244 e. The molecule has 0 atom stereocenters. The average Bonchev–Trinajstić information content (AvgIpc) is 2.76. The lowest BCUT2D eigenvalue weighted by molar-refractivity contribution is -0.116. The van der Waals surface area contributed by atoms with Gasteiger partial charge in [-0.1, -0.05) is 13.8 Å². The molecule has 1 rings (SSSR count). The molecule has 1 amide bonds. The number of rotatable bonds is 8. The maximum atomic E-state index is 11.5. The third kappa shape index (κ3) is 8.05. The Morgan fingerprint density at radius 3 is 2.95 bits per heavy atom. The van der Waals surface area contributed by atoms with Crippen molar-refractivity contribution in [2.24, 2.45) is 5.92 Å². The van der Waals surface area contributed by atoms with E-state index in [1.807, 2.05) is 12.1 Å². The molecule has 0 spiro atoms. The number of hydrogen-bond acceptors (Lipinski definition) is 3. The SMILES string of the molecule is CC(C)COCCCNC(=O)/C=C/c1ccc(I)o1. The molecule has 1 aromatic heterocycles. The standard InChI is InChI=1S/C14H20INO3/c1-11(2)10-18-9-3-8-16-14(17)7-5-12-4-6-13(15)19-12/h4-7,11H,3,8-10H2,1-2H3,(H,16,17)/b7-5+. The van der Waals surface area contributed by atoms with Gasteiger partial charge in [-0.2, -0.15) is 0 Å². The minimum absolute atomic E-state index is 0.115. The van der Waals surface area contributed by atoms with E-state index in [2.05, 4.69) is 41.8 Å². The molecule has 0 aromatic carbocycles. The van der Waals surface area contributed by atoms with Crippen molar-refractivity contribution in [1.82, 2.24) is 5.32 Å². The zero-order chi connectivity index (χ0) is 14.1. The van der Waals surface area contributed by atoms with Crippen LogP contribution in [0.25, 0.3) is 6.08 Å². The summed E-state index contributed by atoms with van der Waals surface area (Å²) < 4.78 is 11.5. The molecule has 0 saturated heterocycles. The molecule has 1 aromatic rings. The molecule has 0 saturated carbocycles. The fourth-order valence-electron chi connectivity index (χ4n) is 1.34. The van der Waals surface area contributed by atoms with Gasteiger partial charge in [0.05, 0.1) is 0 Å². The zero-order valence-corrected chi connectivity index (χ0v) is 13.5. The van der Waals surface area contributed by atoms with E-state index in [0.717, 1.165) is 16.8 Å². The molecule has 19 heavy (non-hydrogen) atoms. The van der Waals surface area contributed by atoms with Gasteiger partial charge in [0.2, 0.25) is 5.91 Å². The average molecular weight is 377 g/mol. The van der Waals surface area contributed by atoms with Crippen LogP contribution in [0.2, 0.25) is 0 Å². The lowest BCUT2D eigenvalue weighted by Gasteiger charge is -2.06. The van der Waals surface area contributed by atoms with E-state index < -0.39 is 0 Å². The topological polar surface area (TPSA) is 51.5 Å². The summed E-state index contributed by atoms with van der Waals surface area (Å²) in [5.41, 5.74) is 0. The largest absolute Gasteiger partial charge is 0.451 e. The van der Waals surface area contributed by atoms with Crippen LogP contribution in [0, 0.1) is 9.68 Å². The molecule has 0 fully saturated rings. The molecule has 0 aliphatic rings. The first kappa shape index (κ1) is 16.2. The molecule has 0 aliphatic carbocycles. The van der Waals surface area contributed by atoms with Crippen molar-refractivity contribution >= 4 is 34.6 Å². The van der Waals surface area contributed by atoms with Gasteiger partial charge in [-0.3, -0.25) is 4.79 Å². The number of carbonyl (C=O) groups is 1. The van der Waals surface area contributed by atoms with Crippen LogP contribution in [-0.2, 0) is 9.53 Å². The molecule has 5 heteroatoms. The Hall–Kier alpha value is -0.820. The van der Waals surface area contributed by atoms with E-state index >= 15 is 0 Å². The highest BCUT2D eigenvalue weighted by Gasteiger charge is 1.98. The fraction of sp³-hybridized carbons (Fsp3) is 0.500. The Morgan fingerprint density at radius 2 is 2.32 bits per heavy atom. The molecule has 0 aliphatic heterocycles. The lowest BCUT2D eigenvalue weighted by atomic mass is 10.2. The number of amides is 1. The van der Waals surface area contributed by atoms with E-state index in [1.165, 1.54) is 6.08 Å². The van der Waals surface area contributed by atoms with Gasteiger partial charge >= 0.3 is 0 Å². The number of ether oxygens (including phenoxy) is 1. The summed E-state index contributed by atoms with van der Waals surface area (Å²) in [7, 11) is 0. The van der Waals surface area contributed by atoms with Gasteiger partial charge in [0.25, 0.3) is 0 Å². The minimum Gasteiger partial charge on any atom is -0.451 e. The summed E-state index contributed by atoms with van der Waals surface area (Å²) in [5.74, 6) is 1.11. The van der Waals surface area contributed by atoms with Crippen molar-refractivity contribution in [3.63, 3.8) is 0 Å². The lowest BCUT2D eigenvalue weighted by Crippen LogP contribution is -2.23. The molecule has 0 bridgehead atoms. The second kappa shape index (κ2) is 9.14.